The lowest BCUT2D eigenvalue weighted by molar-refractivity contribution is -0.123. The molecule has 0 radical (unpaired) electrons. The molecule has 28 heavy (non-hydrogen) atoms. The Morgan fingerprint density at radius 2 is 1.68 bits per heavy atom. The molecule has 0 saturated carbocycles. The number of hydrogen-bond donors (Lipinski definition) is 2. The molecule has 0 saturated heterocycles. The first-order chi connectivity index (χ1) is 13.0. The standard InChI is InChI=1S/C19H21F3N2O3S/c1-3-13(2)16-6-4-5-7-17(16)24-28(26,27)15-10-8-14(9-11-15)18(25)23-12-19(20,21)22/h4-11,13,24H,3,12H2,1-2H3,(H,23,25)/t13-/m1/s1. The van der Waals surface area contributed by atoms with Crippen LogP contribution in [0.15, 0.2) is 53.4 Å². The first-order valence-electron chi connectivity index (χ1n) is 8.60. The molecule has 9 heteroatoms. The van der Waals surface area contributed by atoms with Gasteiger partial charge in [-0.05, 0) is 48.2 Å². The molecule has 1 amide bonds. The Labute approximate surface area is 162 Å². The van der Waals surface area contributed by atoms with E-state index in [2.05, 4.69) is 4.72 Å². The van der Waals surface area contributed by atoms with E-state index < -0.39 is 28.7 Å². The van der Waals surface area contributed by atoms with Gasteiger partial charge >= 0.3 is 6.18 Å². The molecule has 2 N–H and O–H groups in total. The number of anilines is 1. The quantitative estimate of drug-likeness (QED) is 0.710. The first-order valence-corrected chi connectivity index (χ1v) is 10.1. The van der Waals surface area contributed by atoms with Crippen molar-refractivity contribution in [2.45, 2.75) is 37.3 Å². The lowest BCUT2D eigenvalue weighted by Gasteiger charge is -2.16. The Kier molecular flexibility index (Phi) is 6.71. The number of carbonyl (C=O) groups is 1. The van der Waals surface area contributed by atoms with Gasteiger partial charge in [0.1, 0.15) is 6.54 Å². The summed E-state index contributed by atoms with van der Waals surface area (Å²) < 4.78 is 64.3. The zero-order valence-electron chi connectivity index (χ0n) is 15.4. The van der Waals surface area contributed by atoms with E-state index in [-0.39, 0.29) is 16.4 Å². The molecule has 0 unspecified atom stereocenters. The van der Waals surface area contributed by atoms with Crippen LogP contribution in [0.1, 0.15) is 42.1 Å². The molecule has 2 rings (SSSR count). The van der Waals surface area contributed by atoms with Crippen LogP contribution in [-0.2, 0) is 10.0 Å². The third kappa shape index (κ3) is 5.72. The van der Waals surface area contributed by atoms with Crippen molar-refractivity contribution in [1.29, 1.82) is 0 Å². The Morgan fingerprint density at radius 3 is 2.25 bits per heavy atom. The van der Waals surface area contributed by atoms with Gasteiger partial charge < -0.3 is 5.32 Å². The van der Waals surface area contributed by atoms with Crippen molar-refractivity contribution in [2.75, 3.05) is 11.3 Å². The fraction of sp³-hybridized carbons (Fsp3) is 0.316. The van der Waals surface area contributed by atoms with Crippen LogP contribution in [0.3, 0.4) is 0 Å². The van der Waals surface area contributed by atoms with E-state index in [4.69, 9.17) is 0 Å². The van der Waals surface area contributed by atoms with Crippen LogP contribution in [0.5, 0.6) is 0 Å². The van der Waals surface area contributed by atoms with Crippen molar-refractivity contribution >= 4 is 21.6 Å². The predicted molar refractivity (Wildman–Crippen MR) is 101 cm³/mol. The zero-order chi connectivity index (χ0) is 20.9. The summed E-state index contributed by atoms with van der Waals surface area (Å²) in [7, 11) is -3.92. The van der Waals surface area contributed by atoms with E-state index >= 15 is 0 Å². The van der Waals surface area contributed by atoms with Crippen LogP contribution in [0, 0.1) is 0 Å². The number of hydrogen-bond acceptors (Lipinski definition) is 3. The molecule has 0 aliphatic rings. The summed E-state index contributed by atoms with van der Waals surface area (Å²) >= 11 is 0. The van der Waals surface area contributed by atoms with Gasteiger partial charge in [0.25, 0.3) is 15.9 Å². The highest BCUT2D eigenvalue weighted by Crippen LogP contribution is 2.28. The fourth-order valence-corrected chi connectivity index (χ4v) is 3.60. The summed E-state index contributed by atoms with van der Waals surface area (Å²) in [6, 6.07) is 11.7. The summed E-state index contributed by atoms with van der Waals surface area (Å²) in [4.78, 5) is 11.6. The van der Waals surface area contributed by atoms with Crippen LogP contribution in [-0.4, -0.2) is 27.0 Å². The van der Waals surface area contributed by atoms with E-state index in [1.807, 2.05) is 26.0 Å². The van der Waals surface area contributed by atoms with Crippen LogP contribution in [0.4, 0.5) is 18.9 Å². The molecule has 2 aromatic carbocycles. The molecule has 2 aromatic rings. The lowest BCUT2D eigenvalue weighted by Crippen LogP contribution is -2.33. The Hall–Kier alpha value is -2.55. The van der Waals surface area contributed by atoms with Crippen LogP contribution in [0.2, 0.25) is 0 Å². The van der Waals surface area contributed by atoms with Gasteiger partial charge in [-0.1, -0.05) is 32.0 Å². The number of benzene rings is 2. The average Bonchev–Trinajstić information content (AvgIpc) is 2.65. The van der Waals surface area contributed by atoms with E-state index in [0.29, 0.717) is 5.69 Å². The maximum atomic E-state index is 12.6. The summed E-state index contributed by atoms with van der Waals surface area (Å²) in [5.74, 6) is -0.782. The minimum atomic E-state index is -4.52. The van der Waals surface area contributed by atoms with Gasteiger partial charge in [0.05, 0.1) is 10.6 Å². The number of nitrogens with one attached hydrogen (secondary N) is 2. The summed E-state index contributed by atoms with van der Waals surface area (Å²) in [6.45, 7) is 2.53. The molecule has 0 bridgehead atoms. The van der Waals surface area contributed by atoms with Gasteiger partial charge in [0.15, 0.2) is 0 Å². The van der Waals surface area contributed by atoms with E-state index in [1.165, 1.54) is 24.3 Å². The topological polar surface area (TPSA) is 75.3 Å². The highest BCUT2D eigenvalue weighted by Gasteiger charge is 2.28. The van der Waals surface area contributed by atoms with E-state index in [1.54, 1.807) is 17.4 Å². The molecule has 0 aromatic heterocycles. The monoisotopic (exact) mass is 414 g/mol. The highest BCUT2D eigenvalue weighted by atomic mass is 32.2. The van der Waals surface area contributed by atoms with Gasteiger partial charge in [-0.3, -0.25) is 9.52 Å². The van der Waals surface area contributed by atoms with Crippen LogP contribution >= 0.6 is 0 Å². The Balaban J connectivity index is 2.18. The van der Waals surface area contributed by atoms with Gasteiger partial charge in [-0.15, -0.1) is 0 Å². The summed E-state index contributed by atoms with van der Waals surface area (Å²) in [5, 5.41) is 1.73. The van der Waals surface area contributed by atoms with E-state index in [9.17, 15) is 26.4 Å². The second kappa shape index (κ2) is 8.64. The SMILES string of the molecule is CC[C@@H](C)c1ccccc1NS(=O)(=O)c1ccc(C(=O)NCC(F)(F)F)cc1. The molecule has 0 fully saturated rings. The number of carbonyl (C=O) groups excluding carboxylic acids is 1. The number of sulfonamides is 1. The maximum absolute atomic E-state index is 12.6. The van der Waals surface area contributed by atoms with Crippen LogP contribution < -0.4 is 10.0 Å². The Morgan fingerprint density at radius 1 is 1.07 bits per heavy atom. The fourth-order valence-electron chi connectivity index (χ4n) is 2.51. The molecule has 152 valence electrons. The van der Waals surface area contributed by atoms with Gasteiger partial charge in [-0.2, -0.15) is 13.2 Å². The number of halogens is 3. The first kappa shape index (κ1) is 21.7. The van der Waals surface area contributed by atoms with Crippen molar-refractivity contribution in [3.63, 3.8) is 0 Å². The molecule has 5 nitrogen and oxygen atoms in total. The number of rotatable bonds is 7. The predicted octanol–water partition coefficient (Wildman–Crippen LogP) is 4.29. The van der Waals surface area contributed by atoms with Crippen molar-refractivity contribution in [1.82, 2.24) is 5.32 Å². The van der Waals surface area contributed by atoms with Crippen LogP contribution in [0.25, 0.3) is 0 Å². The van der Waals surface area contributed by atoms with Gasteiger partial charge in [0.2, 0.25) is 0 Å². The molecule has 1 atom stereocenters. The minimum Gasteiger partial charge on any atom is -0.343 e. The lowest BCUT2D eigenvalue weighted by atomic mass is 9.97. The molecule has 0 aliphatic carbocycles. The molecule has 0 spiro atoms. The van der Waals surface area contributed by atoms with Crippen molar-refractivity contribution < 1.29 is 26.4 Å². The van der Waals surface area contributed by atoms with E-state index in [0.717, 1.165) is 12.0 Å². The highest BCUT2D eigenvalue weighted by molar-refractivity contribution is 7.92. The third-order valence-corrected chi connectivity index (χ3v) is 5.61. The van der Waals surface area contributed by atoms with Crippen molar-refractivity contribution in [2.24, 2.45) is 0 Å². The molecular weight excluding hydrogens is 393 g/mol. The molecular formula is C19H21F3N2O3S. The van der Waals surface area contributed by atoms with Crippen molar-refractivity contribution in [3.05, 3.63) is 59.7 Å². The maximum Gasteiger partial charge on any atom is 0.405 e. The second-order valence-electron chi connectivity index (χ2n) is 6.32. The molecule has 0 aliphatic heterocycles. The van der Waals surface area contributed by atoms with Gasteiger partial charge in [-0.25, -0.2) is 8.42 Å². The number of amides is 1. The largest absolute Gasteiger partial charge is 0.405 e. The average molecular weight is 414 g/mol. The smallest absolute Gasteiger partial charge is 0.343 e. The van der Waals surface area contributed by atoms with Crippen molar-refractivity contribution in [3.8, 4) is 0 Å². The zero-order valence-corrected chi connectivity index (χ0v) is 16.2. The molecule has 0 heterocycles. The summed E-state index contributed by atoms with van der Waals surface area (Å²) in [5.41, 5.74) is 1.25. The number of alkyl halides is 3. The minimum absolute atomic E-state index is 0.0665. The summed E-state index contributed by atoms with van der Waals surface area (Å²) in [6.07, 6.45) is -3.69. The van der Waals surface area contributed by atoms with Gasteiger partial charge in [0, 0.05) is 5.56 Å². The third-order valence-electron chi connectivity index (χ3n) is 4.22. The normalized spacial score (nSPS) is 13.0. The number of para-hydroxylation sites is 1. The Bertz CT molecular complexity index is 926. The second-order valence-corrected chi connectivity index (χ2v) is 8.01.